The molecule has 6 rings (SSSR count). The highest BCUT2D eigenvalue weighted by Crippen LogP contribution is 2.50. The van der Waals surface area contributed by atoms with E-state index in [2.05, 4.69) is 105 Å². The highest BCUT2D eigenvalue weighted by Gasteiger charge is 2.22. The van der Waals surface area contributed by atoms with E-state index < -0.39 is 0 Å². The molecule has 0 atom stereocenters. The average molecular weight is 726 g/mol. The minimum atomic E-state index is 0.633. The maximum absolute atomic E-state index is 5.05. The third-order valence-corrected chi connectivity index (χ3v) is 11.4. The number of aromatic nitrogens is 3. The van der Waals surface area contributed by atoms with Crippen LogP contribution in [0.1, 0.15) is 43.4 Å². The topological polar surface area (TPSA) is 30.7 Å². The number of benzene rings is 3. The van der Waals surface area contributed by atoms with Crippen LogP contribution in [-0.4, -0.2) is 14.5 Å². The van der Waals surface area contributed by atoms with Gasteiger partial charge in [-0.05, 0) is 111 Å². The van der Waals surface area contributed by atoms with Crippen LogP contribution >= 0.6 is 23.5 Å². The molecular formula is C48H43N3S2. The molecule has 2 aromatic heterocycles. The van der Waals surface area contributed by atoms with Crippen molar-refractivity contribution in [2.75, 3.05) is 0 Å². The molecule has 0 bridgehead atoms. The van der Waals surface area contributed by atoms with E-state index in [1.165, 1.54) is 25.0 Å². The van der Waals surface area contributed by atoms with Crippen molar-refractivity contribution < 1.29 is 0 Å². The molecule has 0 fully saturated rings. The van der Waals surface area contributed by atoms with Crippen LogP contribution in [0, 0.1) is 6.92 Å². The molecule has 0 saturated heterocycles. The first kappa shape index (κ1) is 37.1. The Morgan fingerprint density at radius 3 is 1.98 bits per heavy atom. The summed E-state index contributed by atoms with van der Waals surface area (Å²) in [6.45, 7) is 24.6. The number of allylic oxidation sites excluding steroid dienone is 15. The zero-order valence-corrected chi connectivity index (χ0v) is 32.4. The quantitative estimate of drug-likeness (QED) is 0.118. The van der Waals surface area contributed by atoms with Crippen molar-refractivity contribution in [3.05, 3.63) is 194 Å². The highest BCUT2D eigenvalue weighted by molar-refractivity contribution is 8.05. The second-order valence-corrected chi connectivity index (χ2v) is 14.5. The molecule has 3 aromatic carbocycles. The molecule has 262 valence electrons. The lowest BCUT2D eigenvalue weighted by Crippen LogP contribution is -2.01. The molecule has 0 amide bonds. The Hall–Kier alpha value is -5.62. The first-order chi connectivity index (χ1) is 25.8. The van der Waals surface area contributed by atoms with Crippen molar-refractivity contribution in [2.24, 2.45) is 0 Å². The van der Waals surface area contributed by atoms with Gasteiger partial charge in [0.05, 0.1) is 16.9 Å². The summed E-state index contributed by atoms with van der Waals surface area (Å²) in [4.78, 5) is 15.2. The van der Waals surface area contributed by atoms with E-state index >= 15 is 0 Å². The van der Waals surface area contributed by atoms with Crippen LogP contribution < -0.4 is 0 Å². The molecule has 1 aliphatic rings. The van der Waals surface area contributed by atoms with E-state index in [4.69, 9.17) is 9.97 Å². The molecule has 0 radical (unpaired) electrons. The molecule has 53 heavy (non-hydrogen) atoms. The summed E-state index contributed by atoms with van der Waals surface area (Å²) in [6, 6.07) is 23.8. The van der Waals surface area contributed by atoms with Gasteiger partial charge in [0, 0.05) is 47.5 Å². The van der Waals surface area contributed by atoms with Crippen molar-refractivity contribution in [1.82, 2.24) is 14.5 Å². The lowest BCUT2D eigenvalue weighted by atomic mass is 10.0. The molecule has 3 heterocycles. The molecule has 0 unspecified atom stereocenters. The minimum Gasteiger partial charge on any atom is -0.313 e. The fourth-order valence-corrected chi connectivity index (χ4v) is 8.60. The zero-order chi connectivity index (χ0) is 37.5. The molecule has 1 aliphatic heterocycles. The van der Waals surface area contributed by atoms with Gasteiger partial charge in [0.2, 0.25) is 0 Å². The lowest BCUT2D eigenvalue weighted by Gasteiger charge is -2.19. The van der Waals surface area contributed by atoms with Crippen LogP contribution in [0.3, 0.4) is 0 Å². The third-order valence-electron chi connectivity index (χ3n) is 8.90. The monoisotopic (exact) mass is 725 g/mol. The molecule has 0 saturated carbocycles. The van der Waals surface area contributed by atoms with Crippen LogP contribution in [-0.2, 0) is 0 Å². The van der Waals surface area contributed by atoms with Crippen molar-refractivity contribution >= 4 is 51.6 Å². The minimum absolute atomic E-state index is 0.633. The van der Waals surface area contributed by atoms with Crippen LogP contribution in [0.5, 0.6) is 0 Å². The molecule has 0 N–H and O–H groups in total. The molecule has 5 heteroatoms. The van der Waals surface area contributed by atoms with Gasteiger partial charge in [-0.25, -0.2) is 9.97 Å². The summed E-state index contributed by atoms with van der Waals surface area (Å²) >= 11 is 3.66. The van der Waals surface area contributed by atoms with Crippen molar-refractivity contribution in [2.45, 2.75) is 47.3 Å². The van der Waals surface area contributed by atoms with Gasteiger partial charge in [0.1, 0.15) is 0 Å². The van der Waals surface area contributed by atoms with Gasteiger partial charge in [-0.1, -0.05) is 129 Å². The van der Waals surface area contributed by atoms with Gasteiger partial charge >= 0.3 is 0 Å². The maximum Gasteiger partial charge on any atom is 0.160 e. The van der Waals surface area contributed by atoms with E-state index in [-0.39, 0.29) is 0 Å². The fourth-order valence-electron chi connectivity index (χ4n) is 6.33. The smallest absolute Gasteiger partial charge is 0.160 e. The van der Waals surface area contributed by atoms with Gasteiger partial charge in [0.15, 0.2) is 5.82 Å². The van der Waals surface area contributed by atoms with Gasteiger partial charge < -0.3 is 4.57 Å². The lowest BCUT2D eigenvalue weighted by molar-refractivity contribution is 1.04. The second-order valence-electron chi connectivity index (χ2n) is 12.3. The summed E-state index contributed by atoms with van der Waals surface area (Å²) in [7, 11) is 0. The summed E-state index contributed by atoms with van der Waals surface area (Å²) < 4.78 is 2.35. The number of rotatable bonds is 12. The van der Waals surface area contributed by atoms with Crippen LogP contribution in [0.15, 0.2) is 191 Å². The third kappa shape index (κ3) is 7.78. The van der Waals surface area contributed by atoms with E-state index in [0.29, 0.717) is 5.82 Å². The van der Waals surface area contributed by atoms with Gasteiger partial charge in [0.25, 0.3) is 0 Å². The Balaban J connectivity index is 1.52. The Labute approximate surface area is 322 Å². The van der Waals surface area contributed by atoms with Gasteiger partial charge in [-0.2, -0.15) is 0 Å². The predicted molar refractivity (Wildman–Crippen MR) is 232 cm³/mol. The predicted octanol–water partition coefficient (Wildman–Crippen LogP) is 14.0. The second kappa shape index (κ2) is 16.8. The number of fused-ring (bicyclic) bond motifs is 3. The van der Waals surface area contributed by atoms with Crippen LogP contribution in [0.25, 0.3) is 45.2 Å². The molecular weight excluding hydrogens is 683 g/mol. The summed E-state index contributed by atoms with van der Waals surface area (Å²) in [6.07, 6.45) is 23.8. The molecule has 0 aliphatic carbocycles. The largest absolute Gasteiger partial charge is 0.313 e. The first-order valence-corrected chi connectivity index (χ1v) is 19.2. The van der Waals surface area contributed by atoms with E-state index in [0.717, 1.165) is 61.7 Å². The van der Waals surface area contributed by atoms with Gasteiger partial charge in [-0.3, -0.25) is 0 Å². The Morgan fingerprint density at radius 1 is 0.717 bits per heavy atom. The number of nitrogens with zero attached hydrogens (tertiary/aromatic N) is 3. The summed E-state index contributed by atoms with van der Waals surface area (Å²) in [5, 5.41) is 1.18. The van der Waals surface area contributed by atoms with E-state index in [1.54, 1.807) is 6.08 Å². The van der Waals surface area contributed by atoms with E-state index in [9.17, 15) is 0 Å². The Bertz CT molecular complexity index is 2440. The molecule has 0 spiro atoms. The maximum atomic E-state index is 5.05. The van der Waals surface area contributed by atoms with Crippen LogP contribution in [0.2, 0.25) is 0 Å². The fraction of sp³-hybridized carbons (Fsp3) is 0.0833. The zero-order valence-electron chi connectivity index (χ0n) is 30.8. The first-order valence-electron chi connectivity index (χ1n) is 17.5. The Morgan fingerprint density at radius 2 is 1.38 bits per heavy atom. The van der Waals surface area contributed by atoms with Crippen LogP contribution in [0.4, 0.5) is 0 Å². The highest BCUT2D eigenvalue weighted by atomic mass is 32.2. The standard InChI is InChI=1S/C48H43N3S2/c1-9-15-21-34(13-5)41-30-42(36(19-11-3)20-12-4)50-48(49-41)37-24-26-38(27-25-37)51-33(8)39(28-35(14-6)32(7)18-10-2)40-29-46-47(31-43(40)51)53-45-23-17-16-22-44(45)52-46/h9-31H,3,5-7H2,1-2,4,8H3/b15-9-,18-10-,20-12-,34-21+,35-28-,36-19+. The number of hydrogen-bond donors (Lipinski definition) is 0. The average Bonchev–Trinajstić information content (AvgIpc) is 3.44. The van der Waals surface area contributed by atoms with Crippen molar-refractivity contribution in [3.63, 3.8) is 0 Å². The normalized spacial score (nSPS) is 13.5. The molecule has 3 nitrogen and oxygen atoms in total. The summed E-state index contributed by atoms with van der Waals surface area (Å²) in [5.74, 6) is 0.633. The van der Waals surface area contributed by atoms with Crippen molar-refractivity contribution in [1.29, 1.82) is 0 Å². The SMILES string of the molecule is C=C/C=C(\C=C/C)c1cc(/C(C=C)=C/C=C\C)nc(-c2ccc(-n3c(C)c(/C=C(/C=C)C(=C)/C=C\C)c4cc5c(cc43)Sc3ccccc3S5)cc2)n1. The van der Waals surface area contributed by atoms with E-state index in [1.807, 2.05) is 111 Å². The Kier molecular flexibility index (Phi) is 11.8. The number of hydrogen-bond acceptors (Lipinski definition) is 4. The summed E-state index contributed by atoms with van der Waals surface area (Å²) in [5.41, 5.74) is 10.8. The molecule has 5 aromatic rings. The van der Waals surface area contributed by atoms with Gasteiger partial charge in [-0.15, -0.1) is 0 Å². The van der Waals surface area contributed by atoms with Crippen molar-refractivity contribution in [3.8, 4) is 17.1 Å².